The fourth-order valence-corrected chi connectivity index (χ4v) is 4.99. The van der Waals surface area contributed by atoms with Crippen LogP contribution in [-0.4, -0.2) is 66.9 Å². The Morgan fingerprint density at radius 1 is 0.939 bits per heavy atom. The molecule has 6 heteroatoms. The van der Waals surface area contributed by atoms with E-state index in [1.165, 1.54) is 18.5 Å². The predicted octanol–water partition coefficient (Wildman–Crippen LogP) is 4.24. The van der Waals surface area contributed by atoms with Crippen molar-refractivity contribution in [2.75, 3.05) is 49.5 Å². The number of anilines is 2. The first-order valence-corrected chi connectivity index (χ1v) is 12.4. The van der Waals surface area contributed by atoms with Crippen molar-refractivity contribution in [3.8, 4) is 0 Å². The third kappa shape index (κ3) is 6.14. The second-order valence-electron chi connectivity index (χ2n) is 9.15. The highest BCUT2D eigenvalue weighted by Crippen LogP contribution is 2.23. The second kappa shape index (κ2) is 11.3. The van der Waals surface area contributed by atoms with Gasteiger partial charge in [-0.05, 0) is 75.0 Å². The van der Waals surface area contributed by atoms with Gasteiger partial charge in [0.1, 0.15) is 0 Å². The fourth-order valence-electron chi connectivity index (χ4n) is 4.99. The highest BCUT2D eigenvalue weighted by atomic mass is 16.2. The van der Waals surface area contributed by atoms with Crippen molar-refractivity contribution in [2.45, 2.75) is 45.1 Å². The van der Waals surface area contributed by atoms with Crippen molar-refractivity contribution in [3.05, 3.63) is 60.2 Å². The summed E-state index contributed by atoms with van der Waals surface area (Å²) in [6, 6.07) is 18.0. The van der Waals surface area contributed by atoms with Crippen molar-refractivity contribution in [1.82, 2.24) is 9.80 Å². The molecule has 0 spiro atoms. The smallest absolute Gasteiger partial charge is 0.253 e. The lowest BCUT2D eigenvalue weighted by Crippen LogP contribution is -2.49. The molecule has 0 aliphatic carbocycles. The number of nitrogens with zero attached hydrogens (tertiary/aromatic N) is 3. The molecule has 2 aliphatic heterocycles. The van der Waals surface area contributed by atoms with Gasteiger partial charge < -0.3 is 15.1 Å². The predicted molar refractivity (Wildman–Crippen MR) is 134 cm³/mol. The van der Waals surface area contributed by atoms with Gasteiger partial charge in [0.15, 0.2) is 0 Å². The summed E-state index contributed by atoms with van der Waals surface area (Å²) < 4.78 is 0. The molecule has 4 rings (SSSR count). The first-order chi connectivity index (χ1) is 16.1. The highest BCUT2D eigenvalue weighted by Gasteiger charge is 2.28. The third-order valence-corrected chi connectivity index (χ3v) is 6.77. The van der Waals surface area contributed by atoms with E-state index in [0.29, 0.717) is 12.6 Å². The second-order valence-corrected chi connectivity index (χ2v) is 9.15. The van der Waals surface area contributed by atoms with Gasteiger partial charge in [0.05, 0.1) is 6.54 Å². The van der Waals surface area contributed by atoms with Gasteiger partial charge in [-0.1, -0.05) is 25.1 Å². The normalized spacial score (nSPS) is 16.9. The van der Waals surface area contributed by atoms with Crippen LogP contribution in [0, 0.1) is 0 Å². The zero-order valence-corrected chi connectivity index (χ0v) is 19.7. The first-order valence-electron chi connectivity index (χ1n) is 12.4. The van der Waals surface area contributed by atoms with Gasteiger partial charge in [-0.25, -0.2) is 0 Å². The van der Waals surface area contributed by atoms with Gasteiger partial charge in [-0.2, -0.15) is 0 Å². The first kappa shape index (κ1) is 23.3. The maximum absolute atomic E-state index is 12.8. The van der Waals surface area contributed by atoms with Crippen LogP contribution < -0.4 is 10.2 Å². The van der Waals surface area contributed by atoms with Crippen molar-refractivity contribution in [3.63, 3.8) is 0 Å². The van der Waals surface area contributed by atoms with Crippen LogP contribution in [0.4, 0.5) is 11.4 Å². The standard InChI is InChI=1S/C27H36N4O2/c1-2-16-31(25-14-19-30(20-15-25)27(33)22-8-4-3-5-9-22)21-26(32)28-23-10-12-24(13-11-23)29-17-6-7-18-29/h3-5,8-13,25H,2,6-7,14-21H2,1H3,(H,28,32). The molecule has 2 aliphatic rings. The number of carbonyl (C=O) groups is 2. The topological polar surface area (TPSA) is 55.9 Å². The van der Waals surface area contributed by atoms with Crippen molar-refractivity contribution in [2.24, 2.45) is 0 Å². The molecular weight excluding hydrogens is 412 g/mol. The lowest BCUT2D eigenvalue weighted by Gasteiger charge is -2.38. The Balaban J connectivity index is 1.28. The van der Waals surface area contributed by atoms with E-state index < -0.39 is 0 Å². The fraction of sp³-hybridized carbons (Fsp3) is 0.481. The van der Waals surface area contributed by atoms with E-state index in [4.69, 9.17) is 0 Å². The minimum Gasteiger partial charge on any atom is -0.372 e. The van der Waals surface area contributed by atoms with Gasteiger partial charge in [0.2, 0.25) is 5.91 Å². The third-order valence-electron chi connectivity index (χ3n) is 6.77. The zero-order chi connectivity index (χ0) is 23.0. The minimum absolute atomic E-state index is 0.0279. The molecule has 0 atom stereocenters. The Kier molecular flexibility index (Phi) is 8.00. The number of piperidine rings is 1. The number of carbonyl (C=O) groups excluding carboxylic acids is 2. The van der Waals surface area contributed by atoms with E-state index in [1.807, 2.05) is 47.4 Å². The summed E-state index contributed by atoms with van der Waals surface area (Å²) in [7, 11) is 0. The molecule has 2 heterocycles. The number of hydrogen-bond acceptors (Lipinski definition) is 4. The average molecular weight is 449 g/mol. The van der Waals surface area contributed by atoms with E-state index >= 15 is 0 Å². The molecule has 6 nitrogen and oxygen atoms in total. The van der Waals surface area contributed by atoms with Crippen molar-refractivity contribution in [1.29, 1.82) is 0 Å². The molecule has 2 aromatic rings. The number of nitrogens with one attached hydrogen (secondary N) is 1. The summed E-state index contributed by atoms with van der Waals surface area (Å²) in [6.07, 6.45) is 5.31. The van der Waals surface area contributed by atoms with E-state index in [1.54, 1.807) is 0 Å². The summed E-state index contributed by atoms with van der Waals surface area (Å²) in [6.45, 7) is 7.13. The van der Waals surface area contributed by atoms with E-state index in [0.717, 1.165) is 63.2 Å². The number of likely N-dealkylation sites (tertiary alicyclic amines) is 1. The lowest BCUT2D eigenvalue weighted by molar-refractivity contribution is -0.118. The maximum atomic E-state index is 12.8. The Labute approximate surface area is 197 Å². The summed E-state index contributed by atoms with van der Waals surface area (Å²) in [5.74, 6) is 0.131. The number of amides is 2. The van der Waals surface area contributed by atoms with Crippen LogP contribution in [0.15, 0.2) is 54.6 Å². The Hall–Kier alpha value is -2.86. The molecule has 2 aromatic carbocycles. The number of benzene rings is 2. The SMILES string of the molecule is CCCN(CC(=O)Nc1ccc(N2CCCC2)cc1)C1CCN(C(=O)c2ccccc2)CC1. The Bertz CT molecular complexity index is 901. The van der Waals surface area contributed by atoms with E-state index in [-0.39, 0.29) is 11.8 Å². The van der Waals surface area contributed by atoms with Crippen LogP contribution in [0.2, 0.25) is 0 Å². The van der Waals surface area contributed by atoms with Crippen molar-refractivity contribution < 1.29 is 9.59 Å². The summed E-state index contributed by atoms with van der Waals surface area (Å²) in [5.41, 5.74) is 2.83. The van der Waals surface area contributed by atoms with Crippen LogP contribution in [0.25, 0.3) is 0 Å². The molecule has 33 heavy (non-hydrogen) atoms. The van der Waals surface area contributed by atoms with Crippen molar-refractivity contribution >= 4 is 23.2 Å². The van der Waals surface area contributed by atoms with Gasteiger partial charge >= 0.3 is 0 Å². The molecule has 176 valence electrons. The average Bonchev–Trinajstić information content (AvgIpc) is 3.39. The number of rotatable bonds is 8. The molecule has 0 unspecified atom stereocenters. The van der Waals surface area contributed by atoms with Crippen LogP contribution in [-0.2, 0) is 4.79 Å². The zero-order valence-electron chi connectivity index (χ0n) is 19.7. The molecule has 0 bridgehead atoms. The molecule has 2 fully saturated rings. The molecule has 1 N–H and O–H groups in total. The molecule has 2 amide bonds. The number of hydrogen-bond donors (Lipinski definition) is 1. The van der Waals surface area contributed by atoms with E-state index in [2.05, 4.69) is 34.2 Å². The maximum Gasteiger partial charge on any atom is 0.253 e. The molecule has 0 aromatic heterocycles. The van der Waals surface area contributed by atoms with Crippen LogP contribution in [0.1, 0.15) is 49.4 Å². The molecule has 0 radical (unpaired) electrons. The van der Waals surface area contributed by atoms with Gasteiger partial charge in [0, 0.05) is 49.2 Å². The quantitative estimate of drug-likeness (QED) is 0.656. The summed E-state index contributed by atoms with van der Waals surface area (Å²) in [5, 5.41) is 3.07. The van der Waals surface area contributed by atoms with Crippen LogP contribution >= 0.6 is 0 Å². The Morgan fingerprint density at radius 2 is 1.61 bits per heavy atom. The molecular formula is C27H36N4O2. The highest BCUT2D eigenvalue weighted by molar-refractivity contribution is 5.94. The molecule has 2 saturated heterocycles. The summed E-state index contributed by atoms with van der Waals surface area (Å²) >= 11 is 0. The molecule has 0 saturated carbocycles. The van der Waals surface area contributed by atoms with Gasteiger partial charge in [0.25, 0.3) is 5.91 Å². The Morgan fingerprint density at radius 3 is 2.24 bits per heavy atom. The van der Waals surface area contributed by atoms with Gasteiger partial charge in [-0.3, -0.25) is 14.5 Å². The van der Waals surface area contributed by atoms with Gasteiger partial charge in [-0.15, -0.1) is 0 Å². The monoisotopic (exact) mass is 448 g/mol. The van der Waals surface area contributed by atoms with Crippen LogP contribution in [0.5, 0.6) is 0 Å². The van der Waals surface area contributed by atoms with Crippen LogP contribution in [0.3, 0.4) is 0 Å². The lowest BCUT2D eigenvalue weighted by atomic mass is 10.0. The minimum atomic E-state index is 0.0279. The summed E-state index contributed by atoms with van der Waals surface area (Å²) in [4.78, 5) is 32.2. The largest absolute Gasteiger partial charge is 0.372 e. The van der Waals surface area contributed by atoms with E-state index in [9.17, 15) is 9.59 Å².